The molecule has 0 heterocycles. The summed E-state index contributed by atoms with van der Waals surface area (Å²) in [4.78, 5) is 12.8. The second-order valence-corrected chi connectivity index (χ2v) is 7.33. The predicted octanol–water partition coefficient (Wildman–Crippen LogP) is 5.07. The quantitative estimate of drug-likeness (QED) is 0.835. The first-order chi connectivity index (χ1) is 11.3. The van der Waals surface area contributed by atoms with Gasteiger partial charge >= 0.3 is 0 Å². The first-order valence-electron chi connectivity index (χ1n) is 8.50. The highest BCUT2D eigenvalue weighted by Crippen LogP contribution is 2.64. The molecule has 1 N–H and O–H groups in total. The van der Waals surface area contributed by atoms with Crippen LogP contribution in [0.25, 0.3) is 0 Å². The van der Waals surface area contributed by atoms with Gasteiger partial charge in [0.1, 0.15) is 5.82 Å². The maximum absolute atomic E-state index is 13.5. The molecule has 1 aliphatic carbocycles. The van der Waals surface area contributed by atoms with Gasteiger partial charge in [0.05, 0.1) is 5.92 Å². The van der Waals surface area contributed by atoms with E-state index in [0.29, 0.717) is 5.69 Å². The van der Waals surface area contributed by atoms with Crippen molar-refractivity contribution < 1.29 is 9.18 Å². The number of anilines is 1. The molecule has 0 aliphatic heterocycles. The number of carbonyl (C=O) groups excluding carboxylic acids is 1. The summed E-state index contributed by atoms with van der Waals surface area (Å²) in [5.41, 5.74) is 3.87. The van der Waals surface area contributed by atoms with Gasteiger partial charge in [-0.3, -0.25) is 4.79 Å². The summed E-state index contributed by atoms with van der Waals surface area (Å²) < 4.78 is 13.5. The molecule has 3 rings (SSSR count). The summed E-state index contributed by atoms with van der Waals surface area (Å²) in [5, 5.41) is 2.95. The molecule has 0 bridgehead atoms. The summed E-state index contributed by atoms with van der Waals surface area (Å²) in [6, 6.07) is 13.0. The molecule has 2 aromatic rings. The monoisotopic (exact) mass is 325 g/mol. The van der Waals surface area contributed by atoms with Gasteiger partial charge in [0.2, 0.25) is 5.91 Å². The number of hydrogen-bond acceptors (Lipinski definition) is 1. The normalized spacial score (nSPS) is 21.4. The van der Waals surface area contributed by atoms with E-state index in [9.17, 15) is 9.18 Å². The number of hydrogen-bond donors (Lipinski definition) is 1. The minimum absolute atomic E-state index is 0.0223. The van der Waals surface area contributed by atoms with Crippen molar-refractivity contribution in [1.29, 1.82) is 0 Å². The lowest BCUT2D eigenvalue weighted by atomic mass is 10.0. The van der Waals surface area contributed by atoms with Crippen LogP contribution in [0.1, 0.15) is 43.4 Å². The van der Waals surface area contributed by atoms with Crippen molar-refractivity contribution in [3.05, 3.63) is 65.0 Å². The number of benzene rings is 2. The fourth-order valence-corrected chi connectivity index (χ4v) is 3.71. The van der Waals surface area contributed by atoms with Gasteiger partial charge in [-0.2, -0.15) is 0 Å². The van der Waals surface area contributed by atoms with Crippen LogP contribution in [0.2, 0.25) is 0 Å². The van der Waals surface area contributed by atoms with Crippen molar-refractivity contribution in [2.75, 3.05) is 5.32 Å². The molecule has 24 heavy (non-hydrogen) atoms. The minimum atomic E-state index is -0.326. The smallest absolute Gasteiger partial charge is 0.228 e. The Bertz CT molecular complexity index is 764. The molecule has 126 valence electrons. The molecule has 0 radical (unpaired) electrons. The average Bonchev–Trinajstić information content (AvgIpc) is 3.11. The molecular formula is C21H24FNO. The van der Waals surface area contributed by atoms with Crippen LogP contribution in [0.4, 0.5) is 10.1 Å². The molecular weight excluding hydrogens is 301 g/mol. The third-order valence-corrected chi connectivity index (χ3v) is 5.26. The minimum Gasteiger partial charge on any atom is -0.325 e. The van der Waals surface area contributed by atoms with E-state index in [0.717, 1.165) is 12.0 Å². The first kappa shape index (κ1) is 16.7. The van der Waals surface area contributed by atoms with Crippen molar-refractivity contribution in [2.24, 2.45) is 11.3 Å². The van der Waals surface area contributed by atoms with Crippen molar-refractivity contribution in [2.45, 2.75) is 40.0 Å². The lowest BCUT2D eigenvalue weighted by molar-refractivity contribution is -0.118. The summed E-state index contributed by atoms with van der Waals surface area (Å²) >= 11 is 0. The zero-order valence-electron chi connectivity index (χ0n) is 14.7. The van der Waals surface area contributed by atoms with E-state index in [2.05, 4.69) is 50.4 Å². The van der Waals surface area contributed by atoms with E-state index in [1.54, 1.807) is 6.07 Å². The van der Waals surface area contributed by atoms with Crippen LogP contribution in [0.15, 0.2) is 42.5 Å². The Balaban J connectivity index is 1.81. The van der Waals surface area contributed by atoms with Crippen LogP contribution in [-0.4, -0.2) is 5.91 Å². The zero-order chi connectivity index (χ0) is 17.5. The molecule has 1 saturated carbocycles. The molecule has 0 aromatic heterocycles. The third kappa shape index (κ3) is 2.95. The maximum Gasteiger partial charge on any atom is 0.228 e. The number of aryl methyl sites for hydroxylation is 2. The molecule has 0 saturated heterocycles. The Morgan fingerprint density at radius 3 is 2.46 bits per heavy atom. The van der Waals surface area contributed by atoms with E-state index in [-0.39, 0.29) is 29.0 Å². The summed E-state index contributed by atoms with van der Waals surface area (Å²) in [7, 11) is 0. The number of amides is 1. The Morgan fingerprint density at radius 1 is 1.17 bits per heavy atom. The lowest BCUT2D eigenvalue weighted by Gasteiger charge is -2.10. The Labute approximate surface area is 143 Å². The molecule has 2 nitrogen and oxygen atoms in total. The molecule has 1 aliphatic rings. The van der Waals surface area contributed by atoms with E-state index in [1.165, 1.54) is 23.3 Å². The fraction of sp³-hybridized carbons (Fsp3) is 0.381. The number of halogens is 1. The highest BCUT2D eigenvalue weighted by molar-refractivity contribution is 5.97. The predicted molar refractivity (Wildman–Crippen MR) is 95.6 cm³/mol. The Morgan fingerprint density at radius 2 is 1.83 bits per heavy atom. The number of rotatable bonds is 4. The molecule has 1 unspecified atom stereocenters. The van der Waals surface area contributed by atoms with Gasteiger partial charge in [0.15, 0.2) is 0 Å². The van der Waals surface area contributed by atoms with Crippen LogP contribution < -0.4 is 5.32 Å². The summed E-state index contributed by atoms with van der Waals surface area (Å²) in [6.45, 7) is 8.30. The summed E-state index contributed by atoms with van der Waals surface area (Å²) in [6.07, 6.45) is 0.755. The SMILES string of the molecule is CCc1ccc(F)cc1NC(=O)C1[C@H](c2ccc(C)cc2)C1(C)C. The van der Waals surface area contributed by atoms with Gasteiger partial charge in [0.25, 0.3) is 0 Å². The van der Waals surface area contributed by atoms with E-state index in [1.807, 2.05) is 6.92 Å². The van der Waals surface area contributed by atoms with Crippen molar-refractivity contribution >= 4 is 11.6 Å². The lowest BCUT2D eigenvalue weighted by Crippen LogP contribution is -2.18. The van der Waals surface area contributed by atoms with Gasteiger partial charge in [0, 0.05) is 11.6 Å². The molecule has 3 heteroatoms. The van der Waals surface area contributed by atoms with Crippen LogP contribution >= 0.6 is 0 Å². The van der Waals surface area contributed by atoms with Gasteiger partial charge in [-0.1, -0.05) is 56.7 Å². The highest BCUT2D eigenvalue weighted by Gasteiger charge is 2.62. The van der Waals surface area contributed by atoms with Crippen LogP contribution in [0.3, 0.4) is 0 Å². The molecule has 1 amide bonds. The van der Waals surface area contributed by atoms with Crippen molar-refractivity contribution in [1.82, 2.24) is 0 Å². The van der Waals surface area contributed by atoms with Crippen molar-refractivity contribution in [3.8, 4) is 0 Å². The topological polar surface area (TPSA) is 29.1 Å². The zero-order valence-corrected chi connectivity index (χ0v) is 14.7. The third-order valence-electron chi connectivity index (χ3n) is 5.26. The Hall–Kier alpha value is -2.16. The van der Waals surface area contributed by atoms with Crippen LogP contribution in [-0.2, 0) is 11.2 Å². The van der Waals surface area contributed by atoms with Gasteiger partial charge in [-0.15, -0.1) is 0 Å². The molecule has 2 atom stereocenters. The number of carbonyl (C=O) groups is 1. The second kappa shape index (κ2) is 6.04. The fourth-order valence-electron chi connectivity index (χ4n) is 3.71. The Kier molecular flexibility index (Phi) is 4.20. The largest absolute Gasteiger partial charge is 0.325 e. The van der Waals surface area contributed by atoms with Crippen LogP contribution in [0.5, 0.6) is 0 Å². The number of nitrogens with one attached hydrogen (secondary N) is 1. The van der Waals surface area contributed by atoms with E-state index >= 15 is 0 Å². The van der Waals surface area contributed by atoms with Gasteiger partial charge < -0.3 is 5.32 Å². The molecule has 2 aromatic carbocycles. The van der Waals surface area contributed by atoms with Crippen molar-refractivity contribution in [3.63, 3.8) is 0 Å². The van der Waals surface area contributed by atoms with E-state index < -0.39 is 0 Å². The van der Waals surface area contributed by atoms with E-state index in [4.69, 9.17) is 0 Å². The average molecular weight is 325 g/mol. The van der Waals surface area contributed by atoms with Crippen LogP contribution in [0, 0.1) is 24.1 Å². The van der Waals surface area contributed by atoms with Gasteiger partial charge in [-0.05, 0) is 42.0 Å². The standard InChI is InChI=1S/C21H24FNO/c1-5-14-10-11-16(22)12-17(14)23-20(24)19-18(21(19,3)4)15-8-6-13(2)7-9-15/h6-12,18-19H,5H2,1-4H3,(H,23,24)/t18-,19?/m0/s1. The highest BCUT2D eigenvalue weighted by atomic mass is 19.1. The second-order valence-electron chi connectivity index (χ2n) is 7.33. The maximum atomic E-state index is 13.5. The summed E-state index contributed by atoms with van der Waals surface area (Å²) in [5.74, 6) is -0.233. The first-order valence-corrected chi connectivity index (χ1v) is 8.50. The molecule has 0 spiro atoms. The van der Waals surface area contributed by atoms with Gasteiger partial charge in [-0.25, -0.2) is 4.39 Å². The molecule has 1 fully saturated rings.